The summed E-state index contributed by atoms with van der Waals surface area (Å²) in [5.41, 5.74) is 7.71. The monoisotopic (exact) mass is 239 g/mol. The molecule has 96 valence electrons. The van der Waals surface area contributed by atoms with Crippen LogP contribution in [0.15, 0.2) is 12.1 Å². The summed E-state index contributed by atoms with van der Waals surface area (Å²) in [6, 6.07) is 3.99. The Balaban J connectivity index is 3.23. The van der Waals surface area contributed by atoms with E-state index >= 15 is 0 Å². The van der Waals surface area contributed by atoms with E-state index in [4.69, 9.17) is 19.9 Å². The molecule has 0 radical (unpaired) electrons. The summed E-state index contributed by atoms with van der Waals surface area (Å²) < 4.78 is 15.9. The van der Waals surface area contributed by atoms with E-state index in [2.05, 4.69) is 6.92 Å². The molecule has 0 aliphatic heterocycles. The summed E-state index contributed by atoms with van der Waals surface area (Å²) in [5, 5.41) is 0. The Hall–Kier alpha value is -1.26. The summed E-state index contributed by atoms with van der Waals surface area (Å²) in [7, 11) is 4.94. The van der Waals surface area contributed by atoms with Gasteiger partial charge in [0.1, 0.15) is 11.5 Å². The highest BCUT2D eigenvalue weighted by atomic mass is 16.5. The van der Waals surface area contributed by atoms with Gasteiger partial charge in [-0.3, -0.25) is 0 Å². The van der Waals surface area contributed by atoms with Crippen molar-refractivity contribution < 1.29 is 14.2 Å². The minimum Gasteiger partial charge on any atom is -0.496 e. The van der Waals surface area contributed by atoms with Crippen LogP contribution >= 0.6 is 0 Å². The maximum atomic E-state index is 5.68. The zero-order chi connectivity index (χ0) is 12.8. The van der Waals surface area contributed by atoms with Crippen molar-refractivity contribution in [3.63, 3.8) is 0 Å². The molecule has 0 spiro atoms. The van der Waals surface area contributed by atoms with Gasteiger partial charge < -0.3 is 19.9 Å². The maximum absolute atomic E-state index is 5.68. The Morgan fingerprint density at radius 2 is 1.65 bits per heavy atom. The molecule has 4 nitrogen and oxygen atoms in total. The molecule has 4 heteroatoms. The van der Waals surface area contributed by atoms with Gasteiger partial charge in [0, 0.05) is 7.11 Å². The van der Waals surface area contributed by atoms with Crippen molar-refractivity contribution in [3.05, 3.63) is 23.3 Å². The van der Waals surface area contributed by atoms with E-state index < -0.39 is 0 Å². The number of ether oxygens (including phenoxy) is 3. The Labute approximate surface area is 103 Å². The zero-order valence-corrected chi connectivity index (χ0v) is 10.9. The fourth-order valence-electron chi connectivity index (χ4n) is 1.71. The SMILES string of the molecule is COCc1c(OC)cc(C(C)CN)cc1OC. The molecular weight excluding hydrogens is 218 g/mol. The number of rotatable bonds is 6. The fraction of sp³-hybridized carbons (Fsp3) is 0.538. The van der Waals surface area contributed by atoms with Crippen LogP contribution in [0, 0.1) is 0 Å². The molecule has 0 saturated heterocycles. The minimum atomic E-state index is 0.273. The third kappa shape index (κ3) is 3.11. The van der Waals surface area contributed by atoms with Crippen molar-refractivity contribution >= 4 is 0 Å². The lowest BCUT2D eigenvalue weighted by atomic mass is 9.98. The second kappa shape index (κ2) is 6.47. The van der Waals surface area contributed by atoms with Gasteiger partial charge in [0.25, 0.3) is 0 Å². The molecule has 1 aromatic carbocycles. The van der Waals surface area contributed by atoms with Crippen molar-refractivity contribution in [2.75, 3.05) is 27.9 Å². The van der Waals surface area contributed by atoms with Gasteiger partial charge in [0.15, 0.2) is 0 Å². The molecule has 1 rings (SSSR count). The van der Waals surface area contributed by atoms with E-state index in [0.29, 0.717) is 13.2 Å². The molecule has 1 aromatic rings. The predicted octanol–water partition coefficient (Wildman–Crippen LogP) is 1.91. The van der Waals surface area contributed by atoms with Crippen molar-refractivity contribution in [1.82, 2.24) is 0 Å². The number of hydrogen-bond acceptors (Lipinski definition) is 4. The van der Waals surface area contributed by atoms with E-state index in [1.165, 1.54) is 0 Å². The number of hydrogen-bond donors (Lipinski definition) is 1. The quantitative estimate of drug-likeness (QED) is 0.824. The van der Waals surface area contributed by atoms with Crippen LogP contribution in [0.1, 0.15) is 24.0 Å². The van der Waals surface area contributed by atoms with Gasteiger partial charge in [-0.2, -0.15) is 0 Å². The third-order valence-electron chi connectivity index (χ3n) is 2.84. The van der Waals surface area contributed by atoms with Crippen LogP contribution < -0.4 is 15.2 Å². The van der Waals surface area contributed by atoms with Gasteiger partial charge in [-0.1, -0.05) is 6.92 Å². The smallest absolute Gasteiger partial charge is 0.128 e. The summed E-state index contributed by atoms with van der Waals surface area (Å²) in [6.07, 6.45) is 0. The van der Waals surface area contributed by atoms with Crippen LogP contribution in [0.4, 0.5) is 0 Å². The number of nitrogens with two attached hydrogens (primary N) is 1. The van der Waals surface area contributed by atoms with Crippen molar-refractivity contribution in [2.24, 2.45) is 5.73 Å². The predicted molar refractivity (Wildman–Crippen MR) is 67.7 cm³/mol. The van der Waals surface area contributed by atoms with E-state index in [1.807, 2.05) is 12.1 Å². The van der Waals surface area contributed by atoms with E-state index in [9.17, 15) is 0 Å². The zero-order valence-electron chi connectivity index (χ0n) is 10.9. The molecule has 0 fully saturated rings. The standard InChI is InChI=1S/C13H21NO3/c1-9(7-14)10-5-12(16-3)11(8-15-2)13(6-10)17-4/h5-6,9H,7-8,14H2,1-4H3. The van der Waals surface area contributed by atoms with E-state index in [-0.39, 0.29) is 5.92 Å². The van der Waals surface area contributed by atoms with Gasteiger partial charge >= 0.3 is 0 Å². The van der Waals surface area contributed by atoms with Crippen LogP contribution in [0.3, 0.4) is 0 Å². The highest BCUT2D eigenvalue weighted by molar-refractivity contribution is 5.48. The van der Waals surface area contributed by atoms with Gasteiger partial charge in [-0.25, -0.2) is 0 Å². The van der Waals surface area contributed by atoms with Gasteiger partial charge in [0.2, 0.25) is 0 Å². The largest absolute Gasteiger partial charge is 0.496 e. The Kier molecular flexibility index (Phi) is 5.25. The molecule has 0 aliphatic rings. The topological polar surface area (TPSA) is 53.7 Å². The summed E-state index contributed by atoms with van der Waals surface area (Å²) in [6.45, 7) is 3.13. The second-order valence-electron chi connectivity index (χ2n) is 3.97. The van der Waals surface area contributed by atoms with Crippen LogP contribution in [-0.4, -0.2) is 27.9 Å². The Morgan fingerprint density at radius 3 is 2.00 bits per heavy atom. The molecule has 0 bridgehead atoms. The lowest BCUT2D eigenvalue weighted by molar-refractivity contribution is 0.178. The lowest BCUT2D eigenvalue weighted by Crippen LogP contribution is -2.10. The number of methoxy groups -OCH3 is 3. The van der Waals surface area contributed by atoms with Crippen LogP contribution in [0.25, 0.3) is 0 Å². The first-order valence-electron chi connectivity index (χ1n) is 5.61. The molecule has 0 aromatic heterocycles. The summed E-state index contributed by atoms with van der Waals surface area (Å²) >= 11 is 0. The molecule has 0 amide bonds. The molecule has 0 aliphatic carbocycles. The van der Waals surface area contributed by atoms with Crippen molar-refractivity contribution in [2.45, 2.75) is 19.4 Å². The van der Waals surface area contributed by atoms with Crippen molar-refractivity contribution in [1.29, 1.82) is 0 Å². The third-order valence-corrected chi connectivity index (χ3v) is 2.84. The molecule has 0 saturated carbocycles. The first kappa shape index (κ1) is 13.8. The highest BCUT2D eigenvalue weighted by Gasteiger charge is 2.14. The van der Waals surface area contributed by atoms with Crippen molar-refractivity contribution in [3.8, 4) is 11.5 Å². The van der Waals surface area contributed by atoms with E-state index in [0.717, 1.165) is 22.6 Å². The first-order valence-corrected chi connectivity index (χ1v) is 5.61. The lowest BCUT2D eigenvalue weighted by Gasteiger charge is -2.17. The molecule has 2 N–H and O–H groups in total. The van der Waals surface area contributed by atoms with Crippen LogP contribution in [0.2, 0.25) is 0 Å². The fourth-order valence-corrected chi connectivity index (χ4v) is 1.71. The van der Waals surface area contributed by atoms with Gasteiger partial charge in [0.05, 0.1) is 26.4 Å². The van der Waals surface area contributed by atoms with Crippen LogP contribution in [-0.2, 0) is 11.3 Å². The Morgan fingerprint density at radius 1 is 1.12 bits per heavy atom. The summed E-state index contributed by atoms with van der Waals surface area (Å²) in [5.74, 6) is 1.83. The molecule has 0 heterocycles. The molecule has 1 unspecified atom stereocenters. The molecule has 17 heavy (non-hydrogen) atoms. The molecule has 1 atom stereocenters. The van der Waals surface area contributed by atoms with Gasteiger partial charge in [-0.15, -0.1) is 0 Å². The maximum Gasteiger partial charge on any atom is 0.128 e. The normalized spacial score (nSPS) is 12.3. The summed E-state index contributed by atoms with van der Waals surface area (Å²) in [4.78, 5) is 0. The first-order chi connectivity index (χ1) is 8.17. The second-order valence-corrected chi connectivity index (χ2v) is 3.97. The highest BCUT2D eigenvalue weighted by Crippen LogP contribution is 2.33. The van der Waals surface area contributed by atoms with E-state index in [1.54, 1.807) is 21.3 Å². The molecular formula is C13H21NO3. The van der Waals surface area contributed by atoms with Gasteiger partial charge in [-0.05, 0) is 30.2 Å². The Bertz CT molecular complexity index is 341. The minimum absolute atomic E-state index is 0.273. The van der Waals surface area contributed by atoms with Crippen LogP contribution in [0.5, 0.6) is 11.5 Å². The average molecular weight is 239 g/mol. The number of benzene rings is 1. The average Bonchev–Trinajstić information content (AvgIpc) is 2.38.